The average molecular weight is 295 g/mol. The lowest BCUT2D eigenvalue weighted by Crippen LogP contribution is -2.24. The van der Waals surface area contributed by atoms with Gasteiger partial charge in [0.25, 0.3) is 5.89 Å². The quantitative estimate of drug-likeness (QED) is 0.782. The molecule has 0 saturated heterocycles. The van der Waals surface area contributed by atoms with E-state index >= 15 is 0 Å². The smallest absolute Gasteiger partial charge is 0.263 e. The predicted molar refractivity (Wildman–Crippen MR) is 75.8 cm³/mol. The Morgan fingerprint density at radius 2 is 2.30 bits per heavy atom. The van der Waals surface area contributed by atoms with E-state index in [0.717, 1.165) is 5.56 Å². The predicted octanol–water partition coefficient (Wildman–Crippen LogP) is 1.35. The number of rotatable bonds is 4. The van der Waals surface area contributed by atoms with Crippen molar-refractivity contribution in [3.63, 3.8) is 0 Å². The van der Waals surface area contributed by atoms with E-state index in [1.807, 2.05) is 19.3 Å². The van der Waals surface area contributed by atoms with Crippen molar-refractivity contribution in [1.29, 1.82) is 0 Å². The topological polar surface area (TPSA) is 81.1 Å². The number of halogens is 1. The Labute approximate surface area is 121 Å². The summed E-state index contributed by atoms with van der Waals surface area (Å²) in [6.45, 7) is 2.06. The van der Waals surface area contributed by atoms with Crippen LogP contribution in [0.5, 0.6) is 0 Å². The monoisotopic (exact) mass is 294 g/mol. The molecule has 0 bridgehead atoms. The van der Waals surface area contributed by atoms with Gasteiger partial charge < -0.3 is 9.84 Å². The number of aromatic nitrogens is 5. The second-order valence-electron chi connectivity index (χ2n) is 4.36. The van der Waals surface area contributed by atoms with Crippen LogP contribution in [0.25, 0.3) is 17.1 Å². The van der Waals surface area contributed by atoms with Crippen LogP contribution in [0.3, 0.4) is 0 Å². The number of nitrogens with one attached hydrogen (secondary N) is 1. The van der Waals surface area contributed by atoms with Gasteiger partial charge in [-0.1, -0.05) is 5.16 Å². The molecule has 3 aromatic rings. The molecular formula is C12H15ClN6O. The molecule has 0 aliphatic rings. The fourth-order valence-electron chi connectivity index (χ4n) is 1.80. The SMILES string of the molecule is CNC(C)Cc1noc(-c2cnn3cccnc23)n1.Cl. The van der Waals surface area contributed by atoms with E-state index in [2.05, 4.69) is 32.5 Å². The summed E-state index contributed by atoms with van der Waals surface area (Å²) in [5, 5.41) is 11.3. The third kappa shape index (κ3) is 2.63. The van der Waals surface area contributed by atoms with Crippen molar-refractivity contribution in [2.45, 2.75) is 19.4 Å². The van der Waals surface area contributed by atoms with E-state index in [-0.39, 0.29) is 12.4 Å². The minimum absolute atomic E-state index is 0. The second kappa shape index (κ2) is 5.98. The molecule has 0 spiro atoms. The van der Waals surface area contributed by atoms with Crippen molar-refractivity contribution in [3.05, 3.63) is 30.5 Å². The molecule has 8 heteroatoms. The Hall–Kier alpha value is -1.99. The van der Waals surface area contributed by atoms with E-state index in [4.69, 9.17) is 4.52 Å². The van der Waals surface area contributed by atoms with Crippen molar-refractivity contribution in [3.8, 4) is 11.5 Å². The zero-order chi connectivity index (χ0) is 13.2. The maximum absolute atomic E-state index is 5.28. The molecule has 0 aliphatic carbocycles. The molecule has 0 fully saturated rings. The third-order valence-electron chi connectivity index (χ3n) is 2.96. The molecule has 3 heterocycles. The molecule has 0 amide bonds. The maximum Gasteiger partial charge on any atom is 0.263 e. The van der Waals surface area contributed by atoms with E-state index in [0.29, 0.717) is 29.8 Å². The van der Waals surface area contributed by atoms with Crippen LogP contribution < -0.4 is 5.32 Å². The zero-order valence-corrected chi connectivity index (χ0v) is 12.0. The molecule has 1 unspecified atom stereocenters. The van der Waals surface area contributed by atoms with E-state index in [1.54, 1.807) is 16.9 Å². The lowest BCUT2D eigenvalue weighted by atomic mass is 10.2. The first-order chi connectivity index (χ1) is 9.28. The van der Waals surface area contributed by atoms with Gasteiger partial charge in [0.2, 0.25) is 0 Å². The Morgan fingerprint density at radius 1 is 1.45 bits per heavy atom. The molecule has 0 aliphatic heterocycles. The van der Waals surface area contributed by atoms with Crippen LogP contribution in [-0.2, 0) is 6.42 Å². The summed E-state index contributed by atoms with van der Waals surface area (Å²) in [6.07, 6.45) is 5.93. The number of fused-ring (bicyclic) bond motifs is 1. The summed E-state index contributed by atoms with van der Waals surface area (Å²) in [4.78, 5) is 8.64. The van der Waals surface area contributed by atoms with Crippen molar-refractivity contribution in [2.75, 3.05) is 7.05 Å². The first kappa shape index (κ1) is 14.4. The molecule has 3 aromatic heterocycles. The zero-order valence-electron chi connectivity index (χ0n) is 11.1. The minimum Gasteiger partial charge on any atom is -0.334 e. The molecular weight excluding hydrogens is 280 g/mol. The number of likely N-dealkylation sites (N-methyl/N-ethyl adjacent to an activating group) is 1. The summed E-state index contributed by atoms with van der Waals surface area (Å²) < 4.78 is 6.96. The van der Waals surface area contributed by atoms with Gasteiger partial charge in [0.1, 0.15) is 5.56 Å². The van der Waals surface area contributed by atoms with Crippen molar-refractivity contribution in [1.82, 2.24) is 30.1 Å². The lowest BCUT2D eigenvalue weighted by Gasteiger charge is -2.04. The van der Waals surface area contributed by atoms with Gasteiger partial charge in [0, 0.05) is 24.9 Å². The van der Waals surface area contributed by atoms with E-state index in [1.165, 1.54) is 0 Å². The van der Waals surface area contributed by atoms with Crippen molar-refractivity contribution < 1.29 is 4.52 Å². The Kier molecular flexibility index (Phi) is 4.31. The van der Waals surface area contributed by atoms with Gasteiger partial charge in [0.05, 0.1) is 6.20 Å². The normalized spacial score (nSPS) is 12.3. The highest BCUT2D eigenvalue weighted by molar-refractivity contribution is 5.85. The third-order valence-corrected chi connectivity index (χ3v) is 2.96. The summed E-state index contributed by atoms with van der Waals surface area (Å²) in [7, 11) is 1.90. The molecule has 7 nitrogen and oxygen atoms in total. The van der Waals surface area contributed by atoms with E-state index < -0.39 is 0 Å². The molecule has 20 heavy (non-hydrogen) atoms. The summed E-state index contributed by atoms with van der Waals surface area (Å²) in [5.41, 5.74) is 1.45. The highest BCUT2D eigenvalue weighted by Gasteiger charge is 2.15. The van der Waals surface area contributed by atoms with E-state index in [9.17, 15) is 0 Å². The molecule has 1 N–H and O–H groups in total. The first-order valence-corrected chi connectivity index (χ1v) is 6.06. The van der Waals surface area contributed by atoms with Gasteiger partial charge in [-0.05, 0) is 20.0 Å². The first-order valence-electron chi connectivity index (χ1n) is 6.06. The second-order valence-corrected chi connectivity index (χ2v) is 4.36. The van der Waals surface area contributed by atoms with Crippen LogP contribution in [0, 0.1) is 0 Å². The minimum atomic E-state index is 0. The summed E-state index contributed by atoms with van der Waals surface area (Å²) in [6, 6.07) is 2.12. The highest BCUT2D eigenvalue weighted by Crippen LogP contribution is 2.21. The fourth-order valence-corrected chi connectivity index (χ4v) is 1.80. The molecule has 0 aromatic carbocycles. The van der Waals surface area contributed by atoms with Crippen molar-refractivity contribution >= 4 is 18.1 Å². The van der Waals surface area contributed by atoms with Crippen LogP contribution in [0.1, 0.15) is 12.7 Å². The average Bonchev–Trinajstić information content (AvgIpc) is 3.04. The van der Waals surface area contributed by atoms with Gasteiger partial charge in [-0.25, -0.2) is 9.50 Å². The Morgan fingerprint density at radius 3 is 3.10 bits per heavy atom. The number of nitrogens with zero attached hydrogens (tertiary/aromatic N) is 5. The van der Waals surface area contributed by atoms with Gasteiger partial charge >= 0.3 is 0 Å². The number of hydrogen-bond donors (Lipinski definition) is 1. The van der Waals surface area contributed by atoms with Gasteiger partial charge in [-0.15, -0.1) is 12.4 Å². The van der Waals surface area contributed by atoms with Crippen LogP contribution in [0.4, 0.5) is 0 Å². The fraction of sp³-hybridized carbons (Fsp3) is 0.333. The van der Waals surface area contributed by atoms with Crippen LogP contribution >= 0.6 is 12.4 Å². The van der Waals surface area contributed by atoms with Crippen LogP contribution in [0.15, 0.2) is 29.2 Å². The van der Waals surface area contributed by atoms with Gasteiger partial charge in [-0.3, -0.25) is 0 Å². The lowest BCUT2D eigenvalue weighted by molar-refractivity contribution is 0.418. The Bertz CT molecular complexity index is 694. The Balaban J connectivity index is 0.00000147. The molecule has 3 rings (SSSR count). The molecule has 1 atom stereocenters. The molecule has 0 radical (unpaired) electrons. The van der Waals surface area contributed by atoms with Gasteiger partial charge in [0.15, 0.2) is 11.5 Å². The molecule has 106 valence electrons. The van der Waals surface area contributed by atoms with Crippen LogP contribution in [0.2, 0.25) is 0 Å². The largest absolute Gasteiger partial charge is 0.334 e. The summed E-state index contributed by atoms with van der Waals surface area (Å²) in [5.74, 6) is 1.12. The highest BCUT2D eigenvalue weighted by atomic mass is 35.5. The van der Waals surface area contributed by atoms with Crippen molar-refractivity contribution in [2.24, 2.45) is 0 Å². The van der Waals surface area contributed by atoms with Crippen LogP contribution in [-0.4, -0.2) is 37.8 Å². The summed E-state index contributed by atoms with van der Waals surface area (Å²) >= 11 is 0. The standard InChI is InChI=1S/C12H14N6O.ClH/c1-8(13-2)6-10-16-12(19-17-10)9-7-15-18-5-3-4-14-11(9)18;/h3-5,7-8,13H,6H2,1-2H3;1H. The van der Waals surface area contributed by atoms with Gasteiger partial charge in [-0.2, -0.15) is 10.1 Å². The maximum atomic E-state index is 5.28. The molecule has 0 saturated carbocycles. The number of hydrogen-bond acceptors (Lipinski definition) is 6.